The van der Waals surface area contributed by atoms with Crippen molar-refractivity contribution in [2.45, 2.75) is 38.5 Å². The molecule has 0 aliphatic carbocycles. The molecule has 0 fully saturated rings. The summed E-state index contributed by atoms with van der Waals surface area (Å²) in [7, 11) is 0. The summed E-state index contributed by atoms with van der Waals surface area (Å²) in [5, 5.41) is 4.49. The normalized spacial score (nSPS) is 16.2. The van der Waals surface area contributed by atoms with Crippen LogP contribution in [0.4, 0.5) is 23.7 Å². The number of halogens is 3. The highest BCUT2D eigenvalue weighted by atomic mass is 19.4. The minimum atomic E-state index is -4.48. The molecule has 1 atom stereocenters. The molecule has 9 heteroatoms. The van der Waals surface area contributed by atoms with E-state index in [4.69, 9.17) is 4.74 Å². The van der Waals surface area contributed by atoms with Gasteiger partial charge in [-0.15, -0.1) is 0 Å². The van der Waals surface area contributed by atoms with Gasteiger partial charge >= 0.3 is 12.3 Å². The van der Waals surface area contributed by atoms with Gasteiger partial charge in [0.25, 0.3) is 5.91 Å². The molecule has 1 aromatic heterocycles. The van der Waals surface area contributed by atoms with E-state index in [-0.39, 0.29) is 12.1 Å². The van der Waals surface area contributed by atoms with Crippen LogP contribution >= 0.6 is 0 Å². The Morgan fingerprint density at radius 1 is 1.06 bits per heavy atom. The quantitative estimate of drug-likeness (QED) is 0.488. The monoisotopic (exact) mass is 483 g/mol. The second-order valence-electron chi connectivity index (χ2n) is 9.25. The third-order valence-electron chi connectivity index (χ3n) is 5.51. The first-order chi connectivity index (χ1) is 16.4. The number of carbonyl (C=O) groups excluding carboxylic acids is 2. The van der Waals surface area contributed by atoms with Crippen LogP contribution in [0.25, 0.3) is 10.8 Å². The topological polar surface area (TPSA) is 71.5 Å². The molecule has 4 rings (SSSR count). The molecule has 2 aromatic carbocycles. The van der Waals surface area contributed by atoms with Gasteiger partial charge in [0.05, 0.1) is 5.56 Å². The number of hydrogen-bond donors (Lipinski definition) is 1. The van der Waals surface area contributed by atoms with Gasteiger partial charge in [0.1, 0.15) is 5.60 Å². The maximum atomic E-state index is 13.4. The van der Waals surface area contributed by atoms with Crippen LogP contribution in [0.3, 0.4) is 0 Å². The predicted molar refractivity (Wildman–Crippen MR) is 126 cm³/mol. The lowest BCUT2D eigenvalue weighted by Crippen LogP contribution is -2.33. The number of hydrogen-bond acceptors (Lipinski definition) is 4. The molecule has 2 amide bonds. The van der Waals surface area contributed by atoms with Crippen LogP contribution in [0.2, 0.25) is 0 Å². The van der Waals surface area contributed by atoms with Crippen molar-refractivity contribution < 1.29 is 27.5 Å². The average Bonchev–Trinajstić information content (AvgIpc) is 3.24. The highest BCUT2D eigenvalue weighted by Crippen LogP contribution is 2.36. The highest BCUT2D eigenvalue weighted by Gasteiger charge is 2.36. The van der Waals surface area contributed by atoms with Crippen molar-refractivity contribution in [3.8, 4) is 0 Å². The van der Waals surface area contributed by atoms with E-state index in [2.05, 4.69) is 10.3 Å². The summed E-state index contributed by atoms with van der Waals surface area (Å²) in [6.45, 7) is 5.23. The number of carbonyl (C=O) groups is 2. The summed E-state index contributed by atoms with van der Waals surface area (Å²) in [4.78, 5) is 31.4. The number of aromatic nitrogens is 1. The molecule has 0 unspecified atom stereocenters. The number of anilines is 1. The number of fused-ring (bicyclic) bond motifs is 1. The second-order valence-corrected chi connectivity index (χ2v) is 9.25. The summed E-state index contributed by atoms with van der Waals surface area (Å²) in [5.74, 6) is -1.10. The molecule has 1 N–H and O–H groups in total. The summed E-state index contributed by atoms with van der Waals surface area (Å²) in [5.41, 5.74) is -0.272. The molecular formula is C26H24F3N3O3. The molecule has 1 aliphatic heterocycles. The Bertz CT molecular complexity index is 1290. The van der Waals surface area contributed by atoms with Crippen molar-refractivity contribution >= 4 is 28.5 Å². The number of pyridine rings is 1. The van der Waals surface area contributed by atoms with Gasteiger partial charge in [-0.1, -0.05) is 24.3 Å². The molecule has 3 aromatic rings. The van der Waals surface area contributed by atoms with Gasteiger partial charge < -0.3 is 10.1 Å². The Morgan fingerprint density at radius 2 is 1.77 bits per heavy atom. The molecular weight excluding hydrogens is 459 g/mol. The Kier molecular flexibility index (Phi) is 6.27. The lowest BCUT2D eigenvalue weighted by Gasteiger charge is -2.24. The molecule has 2 heterocycles. The fraction of sp³-hybridized carbons (Fsp3) is 0.269. The molecule has 182 valence electrons. The number of rotatable bonds is 3. The summed E-state index contributed by atoms with van der Waals surface area (Å²) in [6.07, 6.45) is -0.431. The molecule has 0 bridgehead atoms. The van der Waals surface area contributed by atoms with Crippen LogP contribution in [0.15, 0.2) is 72.7 Å². The van der Waals surface area contributed by atoms with Crippen LogP contribution in [0.1, 0.15) is 37.8 Å². The molecule has 6 nitrogen and oxygen atoms in total. The van der Waals surface area contributed by atoms with Gasteiger partial charge in [0.15, 0.2) is 0 Å². The van der Waals surface area contributed by atoms with E-state index in [1.165, 1.54) is 23.2 Å². The minimum absolute atomic E-state index is 0.0580. The lowest BCUT2D eigenvalue weighted by molar-refractivity contribution is -0.137. The van der Waals surface area contributed by atoms with E-state index >= 15 is 0 Å². The van der Waals surface area contributed by atoms with Gasteiger partial charge in [-0.3, -0.25) is 14.7 Å². The van der Waals surface area contributed by atoms with Gasteiger partial charge in [-0.2, -0.15) is 13.2 Å². The Labute approximate surface area is 200 Å². The van der Waals surface area contributed by atoms with E-state index in [1.807, 2.05) is 6.07 Å². The first-order valence-corrected chi connectivity index (χ1v) is 10.9. The number of alkyl halides is 3. The number of amides is 2. The third kappa shape index (κ3) is 5.45. The van der Waals surface area contributed by atoms with Crippen LogP contribution in [0, 0.1) is 0 Å². The smallest absolute Gasteiger partial charge is 0.416 e. The standard InChI is InChI=1S/C26H24F3N3O3/c1-25(2,3)35-24(34)32-14-20(16-7-9-18(10-8-16)26(27,28)29)21(15-32)23(33)31-22-6-4-5-17-13-30-12-11-19(17)22/h4-13,15,20H,14H2,1-3H3,(H,31,33)/t20-/m1/s1. The van der Waals surface area contributed by atoms with Crippen molar-refractivity contribution in [1.29, 1.82) is 0 Å². The molecule has 0 spiro atoms. The maximum absolute atomic E-state index is 13.4. The van der Waals surface area contributed by atoms with Crippen LogP contribution < -0.4 is 5.32 Å². The van der Waals surface area contributed by atoms with Crippen LogP contribution in [0.5, 0.6) is 0 Å². The summed E-state index contributed by atoms with van der Waals surface area (Å²) >= 11 is 0. The van der Waals surface area contributed by atoms with E-state index < -0.39 is 35.3 Å². The molecule has 1 aliphatic rings. The van der Waals surface area contributed by atoms with Crippen LogP contribution in [-0.4, -0.2) is 34.0 Å². The average molecular weight is 483 g/mol. The fourth-order valence-electron chi connectivity index (χ4n) is 3.89. The molecule has 0 saturated heterocycles. The summed E-state index contributed by atoms with van der Waals surface area (Å²) < 4.78 is 44.6. The van der Waals surface area contributed by atoms with Crippen molar-refractivity contribution in [3.63, 3.8) is 0 Å². The fourth-order valence-corrected chi connectivity index (χ4v) is 3.89. The van der Waals surface area contributed by atoms with Gasteiger partial charge in [0.2, 0.25) is 0 Å². The van der Waals surface area contributed by atoms with Crippen molar-refractivity contribution in [2.75, 3.05) is 11.9 Å². The largest absolute Gasteiger partial charge is 0.443 e. The van der Waals surface area contributed by atoms with Gasteiger partial charge in [0, 0.05) is 53.1 Å². The highest BCUT2D eigenvalue weighted by molar-refractivity contribution is 6.09. The number of benzene rings is 2. The lowest BCUT2D eigenvalue weighted by atomic mass is 9.92. The van der Waals surface area contributed by atoms with Gasteiger partial charge in [-0.25, -0.2) is 4.79 Å². The minimum Gasteiger partial charge on any atom is -0.443 e. The Hall–Kier alpha value is -3.88. The van der Waals surface area contributed by atoms with E-state index in [0.717, 1.165) is 22.9 Å². The first-order valence-electron chi connectivity index (χ1n) is 10.9. The SMILES string of the molecule is CC(C)(C)OC(=O)N1C=C(C(=O)Nc2cccc3cnccc23)[C@@H](c2ccc(C(F)(F)F)cc2)C1. The Morgan fingerprint density at radius 3 is 2.43 bits per heavy atom. The van der Waals surface area contributed by atoms with Gasteiger partial charge in [-0.05, 0) is 50.6 Å². The van der Waals surface area contributed by atoms with E-state index in [9.17, 15) is 22.8 Å². The predicted octanol–water partition coefficient (Wildman–Crippen LogP) is 6.11. The van der Waals surface area contributed by atoms with Crippen molar-refractivity contribution in [1.82, 2.24) is 9.88 Å². The summed E-state index contributed by atoms with van der Waals surface area (Å²) in [6, 6.07) is 11.8. The Balaban J connectivity index is 1.66. The van der Waals surface area contributed by atoms with Crippen molar-refractivity contribution in [3.05, 3.63) is 83.8 Å². The van der Waals surface area contributed by atoms with E-state index in [0.29, 0.717) is 11.3 Å². The van der Waals surface area contributed by atoms with E-state index in [1.54, 1.807) is 51.4 Å². The zero-order chi connectivity index (χ0) is 25.4. The van der Waals surface area contributed by atoms with Crippen LogP contribution in [-0.2, 0) is 15.7 Å². The molecule has 35 heavy (non-hydrogen) atoms. The van der Waals surface area contributed by atoms with Crippen molar-refractivity contribution in [2.24, 2.45) is 0 Å². The maximum Gasteiger partial charge on any atom is 0.416 e. The number of nitrogens with zero attached hydrogens (tertiary/aromatic N) is 2. The zero-order valence-electron chi connectivity index (χ0n) is 19.4. The molecule has 0 radical (unpaired) electrons. The zero-order valence-corrected chi connectivity index (χ0v) is 19.4. The molecule has 0 saturated carbocycles. The second kappa shape index (κ2) is 9.05. The number of ether oxygens (including phenoxy) is 1. The third-order valence-corrected chi connectivity index (χ3v) is 5.51. The first kappa shape index (κ1) is 24.3. The number of nitrogens with one attached hydrogen (secondary N) is 1.